The Kier molecular flexibility index (Phi) is 2.90. The van der Waals surface area contributed by atoms with Crippen LogP contribution < -0.4 is 0 Å². The summed E-state index contributed by atoms with van der Waals surface area (Å²) < 4.78 is 0. The molecule has 1 fully saturated rings. The van der Waals surface area contributed by atoms with Gasteiger partial charge in [-0.2, -0.15) is 5.10 Å². The van der Waals surface area contributed by atoms with Gasteiger partial charge >= 0.3 is 0 Å². The molecule has 1 heterocycles. The summed E-state index contributed by atoms with van der Waals surface area (Å²) in [7, 11) is 0. The maximum Gasteiger partial charge on any atom is 0.0487 e. The molecule has 2 nitrogen and oxygen atoms in total. The molecular weight excluding hydrogens is 112 g/mol. The Morgan fingerprint density at radius 1 is 1.11 bits per heavy atom. The lowest BCUT2D eigenvalue weighted by Crippen LogP contribution is -1.85. The second-order valence-electron chi connectivity index (χ2n) is 2.18. The minimum atomic E-state index is 1.50. The van der Waals surface area contributed by atoms with E-state index in [1.807, 2.05) is 6.07 Å². The summed E-state index contributed by atoms with van der Waals surface area (Å²) >= 11 is 0. The predicted molar refractivity (Wildman–Crippen MR) is 37.1 cm³/mol. The van der Waals surface area contributed by atoms with Crippen molar-refractivity contribution in [3.05, 3.63) is 18.5 Å². The monoisotopic (exact) mass is 124 g/mol. The molecule has 1 N–H and O–H groups in total. The number of aromatic amines is 1. The average Bonchev–Trinajstić information content (AvgIpc) is 2.07. The van der Waals surface area contributed by atoms with Crippen LogP contribution in [0.5, 0.6) is 0 Å². The van der Waals surface area contributed by atoms with Gasteiger partial charge < -0.3 is 0 Å². The van der Waals surface area contributed by atoms with E-state index >= 15 is 0 Å². The van der Waals surface area contributed by atoms with Crippen LogP contribution >= 0.6 is 0 Å². The van der Waals surface area contributed by atoms with Gasteiger partial charge in [0, 0.05) is 12.4 Å². The Labute approximate surface area is 55.3 Å². The number of aromatic nitrogens is 2. The van der Waals surface area contributed by atoms with Crippen molar-refractivity contribution in [2.45, 2.75) is 25.7 Å². The third kappa shape index (κ3) is 2.90. The molecule has 0 aliphatic heterocycles. The Balaban J connectivity index is 0.0000000922. The van der Waals surface area contributed by atoms with Gasteiger partial charge in [0.25, 0.3) is 0 Å². The van der Waals surface area contributed by atoms with Crippen LogP contribution in [0, 0.1) is 0 Å². The fourth-order valence-corrected chi connectivity index (χ4v) is 0.465. The molecule has 1 aromatic rings. The highest BCUT2D eigenvalue weighted by atomic mass is 15.1. The van der Waals surface area contributed by atoms with Crippen LogP contribution in [-0.4, -0.2) is 10.2 Å². The van der Waals surface area contributed by atoms with Gasteiger partial charge in [-0.1, -0.05) is 25.7 Å². The lowest BCUT2D eigenvalue weighted by Gasteiger charge is -2.05. The topological polar surface area (TPSA) is 28.7 Å². The van der Waals surface area contributed by atoms with Gasteiger partial charge in [-0.05, 0) is 6.07 Å². The summed E-state index contributed by atoms with van der Waals surface area (Å²) in [6.45, 7) is 0. The molecule has 2 rings (SSSR count). The lowest BCUT2D eigenvalue weighted by molar-refractivity contribution is 0.504. The SMILES string of the molecule is C1CCC1.c1cn[nH]c1. The highest BCUT2D eigenvalue weighted by Crippen LogP contribution is 2.15. The summed E-state index contributed by atoms with van der Waals surface area (Å²) in [5.74, 6) is 0. The van der Waals surface area contributed by atoms with Crippen LogP contribution in [0.4, 0.5) is 0 Å². The molecule has 0 atom stereocenters. The first kappa shape index (κ1) is 6.33. The minimum absolute atomic E-state index is 1.50. The molecule has 0 amide bonds. The summed E-state index contributed by atoms with van der Waals surface area (Å²) in [4.78, 5) is 0. The van der Waals surface area contributed by atoms with E-state index < -0.39 is 0 Å². The van der Waals surface area contributed by atoms with E-state index in [-0.39, 0.29) is 0 Å². The largest absolute Gasteiger partial charge is 0.286 e. The lowest BCUT2D eigenvalue weighted by atomic mass is 10.0. The quantitative estimate of drug-likeness (QED) is 0.562. The van der Waals surface area contributed by atoms with Crippen LogP contribution in [0.15, 0.2) is 18.5 Å². The zero-order valence-electron chi connectivity index (χ0n) is 5.51. The van der Waals surface area contributed by atoms with Crippen LogP contribution in [-0.2, 0) is 0 Å². The summed E-state index contributed by atoms with van der Waals surface area (Å²) in [6.07, 6.45) is 9.46. The molecule has 1 aromatic heterocycles. The summed E-state index contributed by atoms with van der Waals surface area (Å²) in [5, 5.41) is 6.21. The fourth-order valence-electron chi connectivity index (χ4n) is 0.465. The summed E-state index contributed by atoms with van der Waals surface area (Å²) in [6, 6.07) is 1.83. The molecule has 1 aliphatic carbocycles. The molecule has 9 heavy (non-hydrogen) atoms. The van der Waals surface area contributed by atoms with E-state index in [2.05, 4.69) is 10.2 Å². The van der Waals surface area contributed by atoms with Gasteiger partial charge in [-0.25, -0.2) is 0 Å². The van der Waals surface area contributed by atoms with Gasteiger partial charge in [0.2, 0.25) is 0 Å². The molecule has 0 spiro atoms. The molecule has 1 saturated carbocycles. The Hall–Kier alpha value is -0.790. The van der Waals surface area contributed by atoms with Crippen LogP contribution in [0.3, 0.4) is 0 Å². The van der Waals surface area contributed by atoms with Gasteiger partial charge in [0.05, 0.1) is 0 Å². The second-order valence-corrected chi connectivity index (χ2v) is 2.18. The molecule has 50 valence electrons. The molecule has 0 aromatic carbocycles. The van der Waals surface area contributed by atoms with E-state index in [1.54, 1.807) is 12.4 Å². The van der Waals surface area contributed by atoms with Crippen molar-refractivity contribution in [2.75, 3.05) is 0 Å². The molecule has 0 unspecified atom stereocenters. The van der Waals surface area contributed by atoms with Crippen LogP contribution in [0.1, 0.15) is 25.7 Å². The van der Waals surface area contributed by atoms with Crippen molar-refractivity contribution in [3.63, 3.8) is 0 Å². The smallest absolute Gasteiger partial charge is 0.0487 e. The summed E-state index contributed by atoms with van der Waals surface area (Å²) in [5.41, 5.74) is 0. The second kappa shape index (κ2) is 4.13. The minimum Gasteiger partial charge on any atom is -0.286 e. The highest BCUT2D eigenvalue weighted by Gasteiger charge is 1.95. The van der Waals surface area contributed by atoms with Crippen molar-refractivity contribution < 1.29 is 0 Å². The maximum absolute atomic E-state index is 3.60. The molecular formula is C7H12N2. The van der Waals surface area contributed by atoms with Crippen LogP contribution in [0.2, 0.25) is 0 Å². The van der Waals surface area contributed by atoms with E-state index in [1.165, 1.54) is 25.7 Å². The van der Waals surface area contributed by atoms with Crippen LogP contribution in [0.25, 0.3) is 0 Å². The molecule has 2 heteroatoms. The van der Waals surface area contributed by atoms with Crippen molar-refractivity contribution in [2.24, 2.45) is 0 Å². The molecule has 0 radical (unpaired) electrons. The number of hydrogen-bond donors (Lipinski definition) is 1. The van der Waals surface area contributed by atoms with Gasteiger partial charge in [0.15, 0.2) is 0 Å². The van der Waals surface area contributed by atoms with Crippen molar-refractivity contribution in [1.82, 2.24) is 10.2 Å². The third-order valence-corrected chi connectivity index (χ3v) is 1.41. The highest BCUT2D eigenvalue weighted by molar-refractivity contribution is 4.72. The van der Waals surface area contributed by atoms with E-state index in [0.717, 1.165) is 0 Å². The zero-order chi connectivity index (χ0) is 6.36. The van der Waals surface area contributed by atoms with Crippen molar-refractivity contribution in [3.8, 4) is 0 Å². The van der Waals surface area contributed by atoms with Crippen molar-refractivity contribution in [1.29, 1.82) is 0 Å². The number of rotatable bonds is 0. The van der Waals surface area contributed by atoms with E-state index in [4.69, 9.17) is 0 Å². The average molecular weight is 124 g/mol. The van der Waals surface area contributed by atoms with Gasteiger partial charge in [-0.15, -0.1) is 0 Å². The van der Waals surface area contributed by atoms with E-state index in [0.29, 0.717) is 0 Å². The Bertz CT molecular complexity index is 98.3. The predicted octanol–water partition coefficient (Wildman–Crippen LogP) is 1.97. The zero-order valence-corrected chi connectivity index (χ0v) is 5.51. The normalized spacial score (nSPS) is 15.1. The first-order chi connectivity index (χ1) is 4.50. The first-order valence-electron chi connectivity index (χ1n) is 3.44. The van der Waals surface area contributed by atoms with E-state index in [9.17, 15) is 0 Å². The number of nitrogens with one attached hydrogen (secondary N) is 1. The third-order valence-electron chi connectivity index (χ3n) is 1.41. The number of nitrogens with zero attached hydrogens (tertiary/aromatic N) is 1. The maximum atomic E-state index is 3.60. The first-order valence-corrected chi connectivity index (χ1v) is 3.44. The van der Waals surface area contributed by atoms with Crippen molar-refractivity contribution >= 4 is 0 Å². The fraction of sp³-hybridized carbons (Fsp3) is 0.571. The Morgan fingerprint density at radius 3 is 1.89 bits per heavy atom. The van der Waals surface area contributed by atoms with Gasteiger partial charge in [0.1, 0.15) is 0 Å². The molecule has 0 saturated heterocycles. The molecule has 0 bridgehead atoms. The molecule has 1 aliphatic rings. The van der Waals surface area contributed by atoms with Gasteiger partial charge in [-0.3, -0.25) is 5.10 Å². The number of hydrogen-bond acceptors (Lipinski definition) is 1. The standard InChI is InChI=1S/C4H8.C3H4N2/c1-2-4-3-1;1-2-4-5-3-1/h1-4H2;1-3H,(H,4,5). The number of H-pyrrole nitrogens is 1. The Morgan fingerprint density at radius 2 is 1.78 bits per heavy atom.